The minimum Gasteiger partial charge on any atom is -0.378 e. The summed E-state index contributed by atoms with van der Waals surface area (Å²) < 4.78 is 7.54. The van der Waals surface area contributed by atoms with Gasteiger partial charge in [-0.25, -0.2) is 5.48 Å². The molecule has 1 aliphatic heterocycles. The molecule has 7 heteroatoms. The number of ether oxygens (including phenoxy) is 1. The molecule has 2 atom stereocenters. The third-order valence-electron chi connectivity index (χ3n) is 6.12. The minimum absolute atomic E-state index is 0.168. The van der Waals surface area contributed by atoms with Crippen LogP contribution in [-0.4, -0.2) is 40.8 Å². The molecule has 1 aliphatic rings. The molecule has 0 aliphatic carbocycles. The molecule has 3 N–H and O–H groups in total. The van der Waals surface area contributed by atoms with Gasteiger partial charge < -0.3 is 14.6 Å². The summed E-state index contributed by atoms with van der Waals surface area (Å²) in [6.07, 6.45) is 1.74. The largest absolute Gasteiger partial charge is 0.378 e. The number of hydroxylamine groups is 1. The second-order valence-electron chi connectivity index (χ2n) is 7.93. The molecular formula is C24H27N3O4. The van der Waals surface area contributed by atoms with E-state index in [2.05, 4.69) is 48.1 Å². The summed E-state index contributed by atoms with van der Waals surface area (Å²) in [5.41, 5.74) is 7.14. The zero-order chi connectivity index (χ0) is 22.0. The zero-order valence-electron chi connectivity index (χ0n) is 17.7. The highest BCUT2D eigenvalue weighted by molar-refractivity contribution is 5.95. The molecule has 3 aromatic rings. The van der Waals surface area contributed by atoms with Gasteiger partial charge in [0.2, 0.25) is 0 Å². The Morgan fingerprint density at radius 3 is 2.58 bits per heavy atom. The Morgan fingerprint density at radius 2 is 1.87 bits per heavy atom. The SMILES string of the molecule is CCc1c(Cc2ccc(C(=O)N[C@@H]3COC[C@@H]3C(=O)NO)cc2)c2ccccc2n1C. The van der Waals surface area contributed by atoms with Gasteiger partial charge >= 0.3 is 0 Å². The van der Waals surface area contributed by atoms with Gasteiger partial charge in [0.1, 0.15) is 0 Å². The van der Waals surface area contributed by atoms with Crippen LogP contribution in [0, 0.1) is 5.92 Å². The van der Waals surface area contributed by atoms with Crippen molar-refractivity contribution in [3.05, 3.63) is 70.9 Å². The molecule has 2 amide bonds. The van der Waals surface area contributed by atoms with E-state index in [0.29, 0.717) is 5.56 Å². The zero-order valence-corrected chi connectivity index (χ0v) is 17.7. The lowest BCUT2D eigenvalue weighted by atomic mass is 9.99. The molecule has 0 unspecified atom stereocenters. The van der Waals surface area contributed by atoms with E-state index in [1.807, 2.05) is 12.1 Å². The predicted octanol–water partition coefficient (Wildman–Crippen LogP) is 2.58. The summed E-state index contributed by atoms with van der Waals surface area (Å²) in [5.74, 6) is -1.43. The second kappa shape index (κ2) is 8.91. The molecular weight excluding hydrogens is 394 g/mol. The van der Waals surface area contributed by atoms with E-state index >= 15 is 0 Å². The number of fused-ring (bicyclic) bond motifs is 1. The van der Waals surface area contributed by atoms with Crippen molar-refractivity contribution in [1.29, 1.82) is 0 Å². The Kier molecular flexibility index (Phi) is 6.06. The number of amides is 2. The highest BCUT2D eigenvalue weighted by atomic mass is 16.5. The van der Waals surface area contributed by atoms with E-state index in [1.165, 1.54) is 22.2 Å². The number of carbonyl (C=O) groups is 2. The quantitative estimate of drug-likeness (QED) is 0.421. The highest BCUT2D eigenvalue weighted by Crippen LogP contribution is 2.28. The molecule has 1 saturated heterocycles. The maximum Gasteiger partial charge on any atom is 0.251 e. The molecule has 0 bridgehead atoms. The smallest absolute Gasteiger partial charge is 0.251 e. The minimum atomic E-state index is -0.605. The van der Waals surface area contributed by atoms with Gasteiger partial charge in [0, 0.05) is 29.2 Å². The number of hydrogen-bond acceptors (Lipinski definition) is 4. The van der Waals surface area contributed by atoms with Crippen LogP contribution in [0.1, 0.15) is 34.1 Å². The molecule has 162 valence electrons. The number of rotatable bonds is 6. The fourth-order valence-corrected chi connectivity index (χ4v) is 4.44. The molecule has 0 radical (unpaired) electrons. The topological polar surface area (TPSA) is 92.6 Å². The van der Waals surface area contributed by atoms with E-state index in [-0.39, 0.29) is 19.1 Å². The molecule has 1 fully saturated rings. The fraction of sp³-hybridized carbons (Fsp3) is 0.333. The van der Waals surface area contributed by atoms with Gasteiger partial charge in [-0.05, 0) is 42.2 Å². The molecule has 1 aromatic heterocycles. The van der Waals surface area contributed by atoms with E-state index in [1.54, 1.807) is 17.6 Å². The Hall–Kier alpha value is -3.16. The van der Waals surface area contributed by atoms with Crippen LogP contribution in [0.2, 0.25) is 0 Å². The fourth-order valence-electron chi connectivity index (χ4n) is 4.44. The van der Waals surface area contributed by atoms with Crippen molar-refractivity contribution in [1.82, 2.24) is 15.4 Å². The summed E-state index contributed by atoms with van der Waals surface area (Å²) in [6, 6.07) is 15.5. The maximum absolute atomic E-state index is 12.6. The van der Waals surface area contributed by atoms with Crippen molar-refractivity contribution in [2.75, 3.05) is 13.2 Å². The van der Waals surface area contributed by atoms with Crippen LogP contribution in [0.15, 0.2) is 48.5 Å². The Labute approximate surface area is 181 Å². The summed E-state index contributed by atoms with van der Waals surface area (Å²) in [4.78, 5) is 24.4. The summed E-state index contributed by atoms with van der Waals surface area (Å²) >= 11 is 0. The third kappa shape index (κ3) is 4.06. The normalized spacial score (nSPS) is 18.3. The second-order valence-corrected chi connectivity index (χ2v) is 7.93. The van der Waals surface area contributed by atoms with Gasteiger partial charge in [-0.15, -0.1) is 0 Å². The molecule has 4 rings (SSSR count). The van der Waals surface area contributed by atoms with Gasteiger partial charge in [-0.2, -0.15) is 0 Å². The van der Waals surface area contributed by atoms with E-state index < -0.39 is 17.9 Å². The molecule has 0 saturated carbocycles. The maximum atomic E-state index is 12.6. The third-order valence-corrected chi connectivity index (χ3v) is 6.12. The number of para-hydroxylation sites is 1. The number of nitrogens with one attached hydrogen (secondary N) is 2. The van der Waals surface area contributed by atoms with Crippen LogP contribution in [0.5, 0.6) is 0 Å². The van der Waals surface area contributed by atoms with Gasteiger partial charge in [0.25, 0.3) is 11.8 Å². The molecule has 7 nitrogen and oxygen atoms in total. The number of carbonyl (C=O) groups excluding carboxylic acids is 2. The van der Waals surface area contributed by atoms with Crippen molar-refractivity contribution in [3.8, 4) is 0 Å². The summed E-state index contributed by atoms with van der Waals surface area (Å²) in [6.45, 7) is 2.58. The number of hydrogen-bond donors (Lipinski definition) is 3. The number of benzene rings is 2. The Morgan fingerprint density at radius 1 is 1.13 bits per heavy atom. The first kappa shape index (κ1) is 21.1. The average molecular weight is 421 g/mol. The highest BCUT2D eigenvalue weighted by Gasteiger charge is 2.35. The number of nitrogens with zero attached hydrogens (tertiary/aromatic N) is 1. The lowest BCUT2D eigenvalue weighted by Crippen LogP contribution is -2.45. The van der Waals surface area contributed by atoms with Crippen LogP contribution in [0.3, 0.4) is 0 Å². The Bertz CT molecular complexity index is 1100. The van der Waals surface area contributed by atoms with E-state index in [0.717, 1.165) is 18.4 Å². The number of aromatic nitrogens is 1. The van der Waals surface area contributed by atoms with Crippen LogP contribution in [0.25, 0.3) is 10.9 Å². The standard InChI is InChI=1S/C24H27N3O4/c1-3-21-18(17-6-4-5-7-22(17)27(21)2)12-15-8-10-16(11-9-15)23(28)25-20-14-31-13-19(20)24(29)26-30/h4-11,19-20,30H,3,12-14H2,1-2H3,(H,25,28)(H,26,29)/t19-,20+/m0/s1. The summed E-state index contributed by atoms with van der Waals surface area (Å²) in [5, 5.41) is 12.9. The van der Waals surface area contributed by atoms with Gasteiger partial charge in [0.05, 0.1) is 25.2 Å². The number of aryl methyl sites for hydroxylation is 1. The molecule has 2 aromatic carbocycles. The lowest BCUT2D eigenvalue weighted by Gasteiger charge is -2.17. The van der Waals surface area contributed by atoms with E-state index in [4.69, 9.17) is 9.94 Å². The van der Waals surface area contributed by atoms with E-state index in [9.17, 15) is 9.59 Å². The monoisotopic (exact) mass is 421 g/mol. The first-order chi connectivity index (χ1) is 15.0. The van der Waals surface area contributed by atoms with Gasteiger partial charge in [-0.3, -0.25) is 14.8 Å². The average Bonchev–Trinajstić information content (AvgIpc) is 3.36. The Balaban J connectivity index is 1.50. The summed E-state index contributed by atoms with van der Waals surface area (Å²) in [7, 11) is 2.11. The lowest BCUT2D eigenvalue weighted by molar-refractivity contribution is -0.133. The first-order valence-electron chi connectivity index (χ1n) is 10.5. The van der Waals surface area contributed by atoms with Crippen LogP contribution >= 0.6 is 0 Å². The molecule has 31 heavy (non-hydrogen) atoms. The molecule has 0 spiro atoms. The van der Waals surface area contributed by atoms with Crippen molar-refractivity contribution in [3.63, 3.8) is 0 Å². The van der Waals surface area contributed by atoms with Crippen molar-refractivity contribution >= 4 is 22.7 Å². The first-order valence-corrected chi connectivity index (χ1v) is 10.5. The van der Waals surface area contributed by atoms with Crippen LogP contribution in [0.4, 0.5) is 0 Å². The van der Waals surface area contributed by atoms with Crippen molar-refractivity contribution in [2.45, 2.75) is 25.8 Å². The van der Waals surface area contributed by atoms with Crippen molar-refractivity contribution in [2.24, 2.45) is 13.0 Å². The molecule has 2 heterocycles. The van der Waals surface area contributed by atoms with Crippen LogP contribution in [-0.2, 0) is 29.4 Å². The van der Waals surface area contributed by atoms with Crippen molar-refractivity contribution < 1.29 is 19.5 Å². The van der Waals surface area contributed by atoms with Gasteiger partial charge in [0.15, 0.2) is 0 Å². The van der Waals surface area contributed by atoms with Crippen LogP contribution < -0.4 is 10.8 Å². The predicted molar refractivity (Wildman–Crippen MR) is 117 cm³/mol. The van der Waals surface area contributed by atoms with Gasteiger partial charge in [-0.1, -0.05) is 37.3 Å².